The molecule has 20 heavy (non-hydrogen) atoms. The van der Waals surface area contributed by atoms with Gasteiger partial charge in [-0.1, -0.05) is 28.1 Å². The van der Waals surface area contributed by atoms with E-state index in [2.05, 4.69) is 15.9 Å². The zero-order chi connectivity index (χ0) is 14.4. The molecule has 2 rings (SSSR count). The van der Waals surface area contributed by atoms with E-state index in [-0.39, 0.29) is 11.2 Å². The first-order valence-electron chi connectivity index (χ1n) is 6.98. The van der Waals surface area contributed by atoms with Crippen molar-refractivity contribution in [2.24, 2.45) is 5.41 Å². The summed E-state index contributed by atoms with van der Waals surface area (Å²) >= 11 is 3.61. The summed E-state index contributed by atoms with van der Waals surface area (Å²) in [6.07, 6.45) is 2.55. The van der Waals surface area contributed by atoms with Gasteiger partial charge in [-0.3, -0.25) is 4.79 Å². The maximum atomic E-state index is 11.1. The Morgan fingerprint density at radius 3 is 2.50 bits per heavy atom. The minimum atomic E-state index is 0.177. The van der Waals surface area contributed by atoms with Gasteiger partial charge < -0.3 is 9.47 Å². The van der Waals surface area contributed by atoms with E-state index in [4.69, 9.17) is 9.47 Å². The Kier molecular flexibility index (Phi) is 5.61. The Balaban J connectivity index is 1.91. The number of halogens is 1. The summed E-state index contributed by atoms with van der Waals surface area (Å²) in [7, 11) is 0. The van der Waals surface area contributed by atoms with E-state index < -0.39 is 0 Å². The number of hydrogen-bond acceptors (Lipinski definition) is 3. The lowest BCUT2D eigenvalue weighted by molar-refractivity contribution is -0.116. The van der Waals surface area contributed by atoms with E-state index >= 15 is 0 Å². The quantitative estimate of drug-likeness (QED) is 0.744. The molecule has 0 radical (unpaired) electrons. The summed E-state index contributed by atoms with van der Waals surface area (Å²) in [5, 5.41) is 0.936. The lowest BCUT2D eigenvalue weighted by Crippen LogP contribution is -2.36. The number of alkyl halides is 1. The molecule has 1 aromatic rings. The molecule has 1 fully saturated rings. The second-order valence-corrected chi connectivity index (χ2v) is 6.12. The van der Waals surface area contributed by atoms with Crippen LogP contribution in [0.2, 0.25) is 0 Å². The zero-order valence-electron chi connectivity index (χ0n) is 11.9. The molecular formula is C16H21BrO3. The molecule has 1 aliphatic rings. The molecule has 0 aromatic heterocycles. The van der Waals surface area contributed by atoms with Crippen molar-refractivity contribution < 1.29 is 14.3 Å². The second-order valence-electron chi connectivity index (χ2n) is 5.56. The van der Waals surface area contributed by atoms with Crippen LogP contribution in [0.15, 0.2) is 24.3 Å². The van der Waals surface area contributed by atoms with E-state index in [1.54, 1.807) is 6.92 Å². The fourth-order valence-corrected chi connectivity index (χ4v) is 3.07. The standard InChI is InChI=1S/C16H21BrO3/c1-13(18)10-14-2-4-15(5-3-14)20-12-16(11-17)6-8-19-9-7-16/h2-5H,6-12H2,1H3. The Labute approximate surface area is 128 Å². The highest BCUT2D eigenvalue weighted by Crippen LogP contribution is 2.33. The average Bonchev–Trinajstić information content (AvgIpc) is 2.47. The summed E-state index contributed by atoms with van der Waals surface area (Å²) in [5.74, 6) is 1.04. The summed E-state index contributed by atoms with van der Waals surface area (Å²) in [4.78, 5) is 11.1. The minimum absolute atomic E-state index is 0.177. The van der Waals surface area contributed by atoms with E-state index in [0.29, 0.717) is 13.0 Å². The van der Waals surface area contributed by atoms with E-state index in [1.807, 2.05) is 24.3 Å². The van der Waals surface area contributed by atoms with Crippen molar-refractivity contribution in [3.63, 3.8) is 0 Å². The highest BCUT2D eigenvalue weighted by atomic mass is 79.9. The summed E-state index contributed by atoms with van der Waals surface area (Å²) < 4.78 is 11.4. The van der Waals surface area contributed by atoms with Gasteiger partial charge >= 0.3 is 0 Å². The zero-order valence-corrected chi connectivity index (χ0v) is 13.4. The van der Waals surface area contributed by atoms with E-state index in [0.717, 1.165) is 42.7 Å². The second kappa shape index (κ2) is 7.23. The van der Waals surface area contributed by atoms with Crippen LogP contribution in [0, 0.1) is 5.41 Å². The Morgan fingerprint density at radius 2 is 1.95 bits per heavy atom. The first-order valence-corrected chi connectivity index (χ1v) is 8.11. The van der Waals surface area contributed by atoms with Gasteiger partial charge in [0.1, 0.15) is 11.5 Å². The monoisotopic (exact) mass is 340 g/mol. The third-order valence-electron chi connectivity index (χ3n) is 3.76. The van der Waals surface area contributed by atoms with Gasteiger partial charge in [-0.2, -0.15) is 0 Å². The van der Waals surface area contributed by atoms with Gasteiger partial charge in [0, 0.05) is 30.4 Å². The SMILES string of the molecule is CC(=O)Cc1ccc(OCC2(CBr)CCOCC2)cc1. The van der Waals surface area contributed by atoms with Crippen molar-refractivity contribution in [1.29, 1.82) is 0 Å². The first-order chi connectivity index (χ1) is 9.63. The van der Waals surface area contributed by atoms with Crippen molar-refractivity contribution in [1.82, 2.24) is 0 Å². The lowest BCUT2D eigenvalue weighted by Gasteiger charge is -2.35. The normalized spacial score (nSPS) is 17.7. The van der Waals surface area contributed by atoms with Crippen LogP contribution in [0.4, 0.5) is 0 Å². The highest BCUT2D eigenvalue weighted by molar-refractivity contribution is 9.09. The van der Waals surface area contributed by atoms with Gasteiger partial charge in [0.05, 0.1) is 6.61 Å². The largest absolute Gasteiger partial charge is 0.493 e. The Hall–Kier alpha value is -0.870. The van der Waals surface area contributed by atoms with E-state index in [1.165, 1.54) is 0 Å². The van der Waals surface area contributed by atoms with Crippen molar-refractivity contribution in [2.75, 3.05) is 25.2 Å². The number of ketones is 1. The van der Waals surface area contributed by atoms with Crippen molar-refractivity contribution in [3.8, 4) is 5.75 Å². The first kappa shape index (κ1) is 15.5. The molecule has 110 valence electrons. The van der Waals surface area contributed by atoms with Crippen molar-refractivity contribution in [3.05, 3.63) is 29.8 Å². The third kappa shape index (κ3) is 4.32. The van der Waals surface area contributed by atoms with Crippen LogP contribution < -0.4 is 4.74 Å². The van der Waals surface area contributed by atoms with Crippen LogP contribution in [-0.2, 0) is 16.0 Å². The van der Waals surface area contributed by atoms with E-state index in [9.17, 15) is 4.79 Å². The number of benzene rings is 1. The molecule has 0 bridgehead atoms. The molecule has 0 spiro atoms. The van der Waals surface area contributed by atoms with Crippen LogP contribution >= 0.6 is 15.9 Å². The summed E-state index contributed by atoms with van der Waals surface area (Å²) in [5.41, 5.74) is 1.21. The molecule has 1 aliphatic heterocycles. The molecule has 0 atom stereocenters. The Morgan fingerprint density at radius 1 is 1.30 bits per heavy atom. The number of hydrogen-bond donors (Lipinski definition) is 0. The average molecular weight is 341 g/mol. The van der Waals surface area contributed by atoms with Crippen LogP contribution in [0.1, 0.15) is 25.3 Å². The number of carbonyl (C=O) groups is 1. The van der Waals surface area contributed by atoms with Crippen LogP contribution in [0.3, 0.4) is 0 Å². The van der Waals surface area contributed by atoms with Gasteiger partial charge in [0.2, 0.25) is 0 Å². The molecule has 0 saturated carbocycles. The maximum Gasteiger partial charge on any atom is 0.134 e. The fourth-order valence-electron chi connectivity index (χ4n) is 2.35. The lowest BCUT2D eigenvalue weighted by atomic mass is 9.83. The molecule has 0 aliphatic carbocycles. The summed E-state index contributed by atoms with van der Waals surface area (Å²) in [6, 6.07) is 7.81. The van der Waals surface area contributed by atoms with Gasteiger partial charge in [-0.05, 0) is 37.5 Å². The molecule has 1 heterocycles. The molecule has 1 saturated heterocycles. The molecule has 0 unspecified atom stereocenters. The number of Topliss-reactive ketones (excluding diaryl/α,β-unsaturated/α-hetero) is 1. The van der Waals surface area contributed by atoms with Gasteiger partial charge in [0.25, 0.3) is 0 Å². The molecule has 1 aromatic carbocycles. The van der Waals surface area contributed by atoms with Crippen LogP contribution in [-0.4, -0.2) is 30.9 Å². The molecule has 0 amide bonds. The number of carbonyl (C=O) groups excluding carboxylic acids is 1. The molecular weight excluding hydrogens is 320 g/mol. The Bertz CT molecular complexity index is 436. The highest BCUT2D eigenvalue weighted by Gasteiger charge is 2.32. The molecule has 4 heteroatoms. The molecule has 0 N–H and O–H groups in total. The predicted octanol–water partition coefficient (Wildman–Crippen LogP) is 3.39. The van der Waals surface area contributed by atoms with Crippen molar-refractivity contribution >= 4 is 21.7 Å². The fraction of sp³-hybridized carbons (Fsp3) is 0.562. The molecule has 3 nitrogen and oxygen atoms in total. The van der Waals surface area contributed by atoms with Crippen LogP contribution in [0.25, 0.3) is 0 Å². The van der Waals surface area contributed by atoms with Crippen LogP contribution in [0.5, 0.6) is 5.75 Å². The predicted molar refractivity (Wildman–Crippen MR) is 82.6 cm³/mol. The topological polar surface area (TPSA) is 35.5 Å². The van der Waals surface area contributed by atoms with Crippen molar-refractivity contribution in [2.45, 2.75) is 26.2 Å². The smallest absolute Gasteiger partial charge is 0.134 e. The maximum absolute atomic E-state index is 11.1. The van der Waals surface area contributed by atoms with Gasteiger partial charge in [-0.15, -0.1) is 0 Å². The number of rotatable bonds is 6. The third-order valence-corrected chi connectivity index (χ3v) is 4.95. The van der Waals surface area contributed by atoms with Gasteiger partial charge in [-0.25, -0.2) is 0 Å². The number of ether oxygens (including phenoxy) is 2. The minimum Gasteiger partial charge on any atom is -0.493 e. The van der Waals surface area contributed by atoms with Gasteiger partial charge in [0.15, 0.2) is 0 Å². The summed E-state index contributed by atoms with van der Waals surface area (Å²) in [6.45, 7) is 3.93.